The molecule has 1 atom stereocenters. The first-order valence-electron chi connectivity index (χ1n) is 9.84. The van der Waals surface area contributed by atoms with Crippen LogP contribution in [0, 0.1) is 0 Å². The van der Waals surface area contributed by atoms with Gasteiger partial charge in [0.05, 0.1) is 0 Å². The van der Waals surface area contributed by atoms with E-state index < -0.39 is 0 Å². The van der Waals surface area contributed by atoms with Gasteiger partial charge in [-0.2, -0.15) is 0 Å². The van der Waals surface area contributed by atoms with Crippen molar-refractivity contribution in [3.05, 3.63) is 60.3 Å². The molecule has 144 valence electrons. The van der Waals surface area contributed by atoms with Crippen LogP contribution in [0.1, 0.15) is 29.6 Å². The Morgan fingerprint density at radius 2 is 1.93 bits per heavy atom. The van der Waals surface area contributed by atoms with Crippen LogP contribution in [0.5, 0.6) is 0 Å². The molecule has 3 N–H and O–H groups in total. The molecule has 0 spiro atoms. The highest BCUT2D eigenvalue weighted by Crippen LogP contribution is 2.25. The summed E-state index contributed by atoms with van der Waals surface area (Å²) in [6.07, 6.45) is 5.28. The second-order valence-corrected chi connectivity index (χ2v) is 7.57. The monoisotopic (exact) mass is 374 g/mol. The number of hydrogen-bond donors (Lipinski definition) is 2. The van der Waals surface area contributed by atoms with E-state index >= 15 is 0 Å². The average Bonchev–Trinajstić information content (AvgIpc) is 3.12. The summed E-state index contributed by atoms with van der Waals surface area (Å²) in [5, 5.41) is 5.17. The van der Waals surface area contributed by atoms with Gasteiger partial charge in [0.15, 0.2) is 0 Å². The number of pyridine rings is 1. The van der Waals surface area contributed by atoms with E-state index in [1.165, 1.54) is 12.8 Å². The fraction of sp³-hybridized carbons (Fsp3) is 0.304. The van der Waals surface area contributed by atoms with Crippen LogP contribution in [0.4, 0.5) is 5.82 Å². The SMILES string of the molecule is CN1CCC[C@@H]1CCNC(=O)c1ccc(-c2ccc3cnc(N)cc3c2)cc1. The van der Waals surface area contributed by atoms with Crippen molar-refractivity contribution in [3.63, 3.8) is 0 Å². The number of nitrogens with two attached hydrogens (primary N) is 1. The van der Waals surface area contributed by atoms with Crippen LogP contribution in [0.3, 0.4) is 0 Å². The van der Waals surface area contributed by atoms with E-state index in [1.807, 2.05) is 36.4 Å². The molecule has 4 rings (SSSR count). The van der Waals surface area contributed by atoms with Gasteiger partial charge >= 0.3 is 0 Å². The van der Waals surface area contributed by atoms with Gasteiger partial charge in [-0.3, -0.25) is 4.79 Å². The molecular formula is C23H26N4O. The lowest BCUT2D eigenvalue weighted by molar-refractivity contribution is 0.0950. The average molecular weight is 374 g/mol. The third-order valence-corrected chi connectivity index (χ3v) is 5.66. The number of nitrogens with zero attached hydrogens (tertiary/aromatic N) is 2. The molecule has 0 unspecified atom stereocenters. The van der Waals surface area contributed by atoms with Gasteiger partial charge in [0.2, 0.25) is 0 Å². The zero-order chi connectivity index (χ0) is 19.5. The Labute approximate surface area is 165 Å². The van der Waals surface area contributed by atoms with Gasteiger partial charge in [-0.05, 0) is 73.6 Å². The van der Waals surface area contributed by atoms with E-state index in [0.29, 0.717) is 17.4 Å². The molecule has 28 heavy (non-hydrogen) atoms. The fourth-order valence-electron chi connectivity index (χ4n) is 3.95. The maximum absolute atomic E-state index is 12.4. The molecular weight excluding hydrogens is 348 g/mol. The third-order valence-electron chi connectivity index (χ3n) is 5.66. The van der Waals surface area contributed by atoms with E-state index in [1.54, 1.807) is 6.20 Å². The summed E-state index contributed by atoms with van der Waals surface area (Å²) in [5.74, 6) is 0.505. The number of amides is 1. The maximum atomic E-state index is 12.4. The molecule has 5 nitrogen and oxygen atoms in total. The van der Waals surface area contributed by atoms with Crippen LogP contribution >= 0.6 is 0 Å². The van der Waals surface area contributed by atoms with Crippen molar-refractivity contribution in [2.24, 2.45) is 0 Å². The van der Waals surface area contributed by atoms with Gasteiger partial charge in [-0.15, -0.1) is 0 Å². The lowest BCUT2D eigenvalue weighted by Gasteiger charge is -2.19. The molecule has 1 amide bonds. The number of likely N-dealkylation sites (tertiary alicyclic amines) is 1. The highest BCUT2D eigenvalue weighted by Gasteiger charge is 2.20. The van der Waals surface area contributed by atoms with Crippen molar-refractivity contribution in [1.82, 2.24) is 15.2 Å². The van der Waals surface area contributed by atoms with E-state index in [2.05, 4.69) is 34.4 Å². The first kappa shape index (κ1) is 18.4. The number of anilines is 1. The number of rotatable bonds is 5. The second kappa shape index (κ2) is 7.98. The van der Waals surface area contributed by atoms with Crippen LogP contribution in [0.2, 0.25) is 0 Å². The molecule has 1 aliphatic rings. The molecule has 1 fully saturated rings. The molecule has 0 aliphatic carbocycles. The molecule has 3 aromatic rings. The Kier molecular flexibility index (Phi) is 5.26. The van der Waals surface area contributed by atoms with Gasteiger partial charge in [0.1, 0.15) is 5.82 Å². The summed E-state index contributed by atoms with van der Waals surface area (Å²) in [6, 6.07) is 16.4. The Hall–Kier alpha value is -2.92. The molecule has 1 aromatic heterocycles. The zero-order valence-electron chi connectivity index (χ0n) is 16.2. The lowest BCUT2D eigenvalue weighted by Crippen LogP contribution is -2.31. The van der Waals surface area contributed by atoms with Crippen molar-refractivity contribution in [2.45, 2.75) is 25.3 Å². The Bertz CT molecular complexity index is 984. The predicted molar refractivity (Wildman–Crippen MR) is 114 cm³/mol. The van der Waals surface area contributed by atoms with Gasteiger partial charge in [0, 0.05) is 29.7 Å². The largest absolute Gasteiger partial charge is 0.384 e. The van der Waals surface area contributed by atoms with Crippen molar-refractivity contribution < 1.29 is 4.79 Å². The normalized spacial score (nSPS) is 17.1. The van der Waals surface area contributed by atoms with E-state index in [9.17, 15) is 4.79 Å². The number of carbonyl (C=O) groups excluding carboxylic acids is 1. The van der Waals surface area contributed by atoms with Crippen molar-refractivity contribution in [3.8, 4) is 11.1 Å². The molecule has 0 radical (unpaired) electrons. The quantitative estimate of drug-likeness (QED) is 0.714. The number of benzene rings is 2. The Morgan fingerprint density at radius 3 is 2.68 bits per heavy atom. The topological polar surface area (TPSA) is 71.2 Å². The Morgan fingerprint density at radius 1 is 1.14 bits per heavy atom. The smallest absolute Gasteiger partial charge is 0.251 e. The molecule has 1 saturated heterocycles. The van der Waals surface area contributed by atoms with Gasteiger partial charge in [-0.1, -0.05) is 24.3 Å². The number of carbonyl (C=O) groups is 1. The highest BCUT2D eigenvalue weighted by atomic mass is 16.1. The number of hydrogen-bond acceptors (Lipinski definition) is 4. The van der Waals surface area contributed by atoms with Gasteiger partial charge in [0.25, 0.3) is 5.91 Å². The third kappa shape index (κ3) is 3.99. The van der Waals surface area contributed by atoms with Crippen LogP contribution in [0.15, 0.2) is 54.7 Å². The summed E-state index contributed by atoms with van der Waals surface area (Å²) in [6.45, 7) is 1.88. The number of fused-ring (bicyclic) bond motifs is 1. The first-order valence-corrected chi connectivity index (χ1v) is 9.84. The molecule has 2 aromatic carbocycles. The van der Waals surface area contributed by atoms with E-state index in [4.69, 9.17) is 5.73 Å². The lowest BCUT2D eigenvalue weighted by atomic mass is 10.0. The summed E-state index contributed by atoms with van der Waals surface area (Å²) in [5.41, 5.74) is 8.65. The van der Waals surface area contributed by atoms with Crippen LogP contribution in [0.25, 0.3) is 21.9 Å². The summed E-state index contributed by atoms with van der Waals surface area (Å²) >= 11 is 0. The van der Waals surface area contributed by atoms with Crippen molar-refractivity contribution in [1.29, 1.82) is 0 Å². The van der Waals surface area contributed by atoms with Crippen molar-refractivity contribution >= 4 is 22.5 Å². The molecule has 0 bridgehead atoms. The first-order chi connectivity index (χ1) is 13.6. The molecule has 0 saturated carbocycles. The zero-order valence-corrected chi connectivity index (χ0v) is 16.2. The summed E-state index contributed by atoms with van der Waals surface area (Å²) in [4.78, 5) is 18.9. The standard InChI is InChI=1S/C23H26N4O/c1-27-12-2-3-21(27)10-11-25-23(28)17-6-4-16(5-7-17)18-8-9-19-15-26-22(24)14-20(19)13-18/h4-9,13-15,21H,2-3,10-12H2,1H3,(H2,24,26)(H,25,28)/t21-/m1/s1. The minimum Gasteiger partial charge on any atom is -0.384 e. The number of aromatic nitrogens is 1. The molecule has 1 aliphatic heterocycles. The van der Waals surface area contributed by atoms with E-state index in [-0.39, 0.29) is 5.91 Å². The molecule has 2 heterocycles. The maximum Gasteiger partial charge on any atom is 0.251 e. The molecule has 5 heteroatoms. The predicted octanol–water partition coefficient (Wildman–Crippen LogP) is 3.70. The summed E-state index contributed by atoms with van der Waals surface area (Å²) < 4.78 is 0. The van der Waals surface area contributed by atoms with Crippen LogP contribution in [-0.4, -0.2) is 42.0 Å². The van der Waals surface area contributed by atoms with Crippen LogP contribution < -0.4 is 11.1 Å². The highest BCUT2D eigenvalue weighted by molar-refractivity contribution is 5.95. The second-order valence-electron chi connectivity index (χ2n) is 7.57. The minimum absolute atomic E-state index is 0.00967. The number of nitrogen functional groups attached to an aromatic ring is 1. The fourth-order valence-corrected chi connectivity index (χ4v) is 3.95. The van der Waals surface area contributed by atoms with Crippen LogP contribution in [-0.2, 0) is 0 Å². The Balaban J connectivity index is 1.41. The van der Waals surface area contributed by atoms with Crippen molar-refractivity contribution in [2.75, 3.05) is 25.9 Å². The summed E-state index contributed by atoms with van der Waals surface area (Å²) in [7, 11) is 2.16. The van der Waals surface area contributed by atoms with E-state index in [0.717, 1.165) is 41.4 Å². The minimum atomic E-state index is -0.00967. The van der Waals surface area contributed by atoms with Gasteiger partial charge < -0.3 is 16.0 Å². The number of nitrogens with one attached hydrogen (secondary N) is 1. The van der Waals surface area contributed by atoms with Gasteiger partial charge in [-0.25, -0.2) is 4.98 Å².